The summed E-state index contributed by atoms with van der Waals surface area (Å²) in [7, 11) is 0. The molecule has 2 N–H and O–H groups in total. The minimum atomic E-state index is -0.396. The van der Waals surface area contributed by atoms with Gasteiger partial charge in [0.1, 0.15) is 5.78 Å². The molecule has 0 aromatic carbocycles. The van der Waals surface area contributed by atoms with E-state index in [0.717, 1.165) is 5.56 Å². The molecule has 1 unspecified atom stereocenters. The van der Waals surface area contributed by atoms with Gasteiger partial charge in [0.2, 0.25) is 0 Å². The molecule has 0 aliphatic rings. The predicted octanol–water partition coefficient (Wildman–Crippen LogP) is 0.738. The maximum atomic E-state index is 10.7. The van der Waals surface area contributed by atoms with E-state index in [1.165, 1.54) is 6.92 Å². The number of carbonyl (C=O) groups excluding carboxylic acids is 1. The van der Waals surface area contributed by atoms with Crippen LogP contribution in [0.1, 0.15) is 12.5 Å². The number of furan rings is 1. The van der Waals surface area contributed by atoms with Gasteiger partial charge >= 0.3 is 0 Å². The van der Waals surface area contributed by atoms with E-state index < -0.39 is 6.04 Å². The molecule has 0 saturated carbocycles. The minimum absolute atomic E-state index is 0.00574. The van der Waals surface area contributed by atoms with Crippen LogP contribution in [-0.2, 0) is 11.2 Å². The average molecular weight is 153 g/mol. The van der Waals surface area contributed by atoms with Crippen molar-refractivity contribution in [3.05, 3.63) is 24.2 Å². The summed E-state index contributed by atoms with van der Waals surface area (Å²) in [4.78, 5) is 10.7. The number of ketones is 1. The molecule has 0 aliphatic carbocycles. The Balaban J connectivity index is 2.50. The van der Waals surface area contributed by atoms with Crippen molar-refractivity contribution >= 4 is 5.78 Å². The van der Waals surface area contributed by atoms with Crippen LogP contribution in [-0.4, -0.2) is 11.8 Å². The van der Waals surface area contributed by atoms with Gasteiger partial charge in [0, 0.05) is 0 Å². The molecule has 0 saturated heterocycles. The second-order valence-electron chi connectivity index (χ2n) is 2.55. The quantitative estimate of drug-likeness (QED) is 0.696. The lowest BCUT2D eigenvalue weighted by molar-refractivity contribution is -0.118. The zero-order valence-electron chi connectivity index (χ0n) is 6.41. The molecule has 1 rings (SSSR count). The van der Waals surface area contributed by atoms with E-state index in [4.69, 9.17) is 10.2 Å². The van der Waals surface area contributed by atoms with Crippen molar-refractivity contribution in [3.63, 3.8) is 0 Å². The fourth-order valence-corrected chi connectivity index (χ4v) is 0.806. The third kappa shape index (κ3) is 2.20. The molecule has 0 spiro atoms. The first-order valence-electron chi connectivity index (χ1n) is 3.47. The second kappa shape index (κ2) is 3.34. The summed E-state index contributed by atoms with van der Waals surface area (Å²) >= 11 is 0. The number of Topliss-reactive ketones (excluding diaryl/α,β-unsaturated/α-hetero) is 1. The molecule has 0 radical (unpaired) electrons. The highest BCUT2D eigenvalue weighted by Crippen LogP contribution is 2.02. The minimum Gasteiger partial charge on any atom is -0.472 e. The number of hydrogen-bond donors (Lipinski definition) is 1. The molecule has 0 fully saturated rings. The number of rotatable bonds is 3. The summed E-state index contributed by atoms with van der Waals surface area (Å²) in [6, 6.07) is 1.41. The highest BCUT2D eigenvalue weighted by Gasteiger charge is 2.08. The van der Waals surface area contributed by atoms with Crippen molar-refractivity contribution in [2.24, 2.45) is 5.73 Å². The summed E-state index contributed by atoms with van der Waals surface area (Å²) in [6.45, 7) is 1.49. The molecule has 0 amide bonds. The maximum absolute atomic E-state index is 10.7. The molecule has 1 aromatic rings. The fraction of sp³-hybridized carbons (Fsp3) is 0.375. The first-order valence-corrected chi connectivity index (χ1v) is 3.47. The molecule has 60 valence electrons. The average Bonchev–Trinajstić information content (AvgIpc) is 2.39. The summed E-state index contributed by atoms with van der Waals surface area (Å²) in [5.74, 6) is 0.00574. The maximum Gasteiger partial charge on any atom is 0.146 e. The third-order valence-electron chi connectivity index (χ3n) is 1.56. The Morgan fingerprint density at radius 1 is 1.82 bits per heavy atom. The van der Waals surface area contributed by atoms with E-state index in [-0.39, 0.29) is 5.78 Å². The van der Waals surface area contributed by atoms with Crippen LogP contribution in [0.15, 0.2) is 23.0 Å². The van der Waals surface area contributed by atoms with Crippen LogP contribution in [0.25, 0.3) is 0 Å². The lowest BCUT2D eigenvalue weighted by Gasteiger charge is -2.03. The molecule has 0 aliphatic heterocycles. The summed E-state index contributed by atoms with van der Waals surface area (Å²) < 4.78 is 4.83. The van der Waals surface area contributed by atoms with Gasteiger partial charge in [-0.3, -0.25) is 4.79 Å². The van der Waals surface area contributed by atoms with Crippen LogP contribution in [0.4, 0.5) is 0 Å². The first-order chi connectivity index (χ1) is 5.20. The van der Waals surface area contributed by atoms with Gasteiger partial charge in [-0.25, -0.2) is 0 Å². The Labute approximate surface area is 65.2 Å². The molecule has 1 aromatic heterocycles. The van der Waals surface area contributed by atoms with E-state index in [1.807, 2.05) is 6.07 Å². The van der Waals surface area contributed by atoms with E-state index >= 15 is 0 Å². The van der Waals surface area contributed by atoms with Gasteiger partial charge in [0.05, 0.1) is 18.6 Å². The van der Waals surface area contributed by atoms with Gasteiger partial charge in [0.15, 0.2) is 0 Å². The molecule has 0 bridgehead atoms. The van der Waals surface area contributed by atoms with Crippen molar-refractivity contribution in [1.82, 2.24) is 0 Å². The molecular formula is C8H11NO2. The smallest absolute Gasteiger partial charge is 0.146 e. The van der Waals surface area contributed by atoms with Crippen molar-refractivity contribution in [2.75, 3.05) is 0 Å². The Bertz CT molecular complexity index is 228. The number of nitrogens with two attached hydrogens (primary N) is 1. The molecular weight excluding hydrogens is 142 g/mol. The van der Waals surface area contributed by atoms with Gasteiger partial charge in [-0.1, -0.05) is 0 Å². The summed E-state index contributed by atoms with van der Waals surface area (Å²) in [6.07, 6.45) is 3.73. The zero-order valence-corrected chi connectivity index (χ0v) is 6.41. The fourth-order valence-electron chi connectivity index (χ4n) is 0.806. The Morgan fingerprint density at radius 3 is 3.00 bits per heavy atom. The predicted molar refractivity (Wildman–Crippen MR) is 41.1 cm³/mol. The number of carbonyl (C=O) groups is 1. The van der Waals surface area contributed by atoms with E-state index in [2.05, 4.69) is 0 Å². The van der Waals surface area contributed by atoms with Crippen LogP contribution in [0.3, 0.4) is 0 Å². The van der Waals surface area contributed by atoms with Crippen molar-refractivity contribution in [3.8, 4) is 0 Å². The normalized spacial score (nSPS) is 12.9. The summed E-state index contributed by atoms with van der Waals surface area (Å²) in [5, 5.41) is 0. The SMILES string of the molecule is CC(=O)C(N)Cc1ccoc1. The van der Waals surface area contributed by atoms with E-state index in [1.54, 1.807) is 12.5 Å². The lowest BCUT2D eigenvalue weighted by atomic mass is 10.1. The Morgan fingerprint density at radius 2 is 2.55 bits per heavy atom. The number of hydrogen-bond acceptors (Lipinski definition) is 3. The highest BCUT2D eigenvalue weighted by molar-refractivity contribution is 5.81. The van der Waals surface area contributed by atoms with Gasteiger partial charge in [-0.05, 0) is 25.0 Å². The third-order valence-corrected chi connectivity index (χ3v) is 1.56. The molecule has 11 heavy (non-hydrogen) atoms. The standard InChI is InChI=1S/C8H11NO2/c1-6(10)8(9)4-7-2-3-11-5-7/h2-3,5,8H,4,9H2,1H3. The Kier molecular flexibility index (Phi) is 2.44. The monoisotopic (exact) mass is 153 g/mol. The van der Waals surface area contributed by atoms with Gasteiger partial charge < -0.3 is 10.2 Å². The lowest BCUT2D eigenvalue weighted by Crippen LogP contribution is -2.30. The molecule has 1 heterocycles. The van der Waals surface area contributed by atoms with Gasteiger partial charge in [-0.15, -0.1) is 0 Å². The van der Waals surface area contributed by atoms with Crippen LogP contribution < -0.4 is 5.73 Å². The van der Waals surface area contributed by atoms with Crippen molar-refractivity contribution in [2.45, 2.75) is 19.4 Å². The Hall–Kier alpha value is -1.09. The van der Waals surface area contributed by atoms with Crippen LogP contribution in [0, 0.1) is 0 Å². The zero-order chi connectivity index (χ0) is 8.27. The van der Waals surface area contributed by atoms with Crippen molar-refractivity contribution < 1.29 is 9.21 Å². The van der Waals surface area contributed by atoms with Crippen LogP contribution in [0.2, 0.25) is 0 Å². The summed E-state index contributed by atoms with van der Waals surface area (Å²) in [5.41, 5.74) is 6.48. The van der Waals surface area contributed by atoms with E-state index in [0.29, 0.717) is 6.42 Å². The molecule has 3 heteroatoms. The highest BCUT2D eigenvalue weighted by atomic mass is 16.3. The van der Waals surface area contributed by atoms with Crippen molar-refractivity contribution in [1.29, 1.82) is 0 Å². The van der Waals surface area contributed by atoms with Crippen LogP contribution >= 0.6 is 0 Å². The topological polar surface area (TPSA) is 56.2 Å². The second-order valence-corrected chi connectivity index (χ2v) is 2.55. The largest absolute Gasteiger partial charge is 0.472 e. The molecule has 3 nitrogen and oxygen atoms in total. The van der Waals surface area contributed by atoms with Crippen LogP contribution in [0.5, 0.6) is 0 Å². The van der Waals surface area contributed by atoms with E-state index in [9.17, 15) is 4.79 Å². The first kappa shape index (κ1) is 8.01. The van der Waals surface area contributed by atoms with Gasteiger partial charge in [-0.2, -0.15) is 0 Å². The van der Waals surface area contributed by atoms with Gasteiger partial charge in [0.25, 0.3) is 0 Å². The molecule has 1 atom stereocenters.